The molecule has 0 saturated heterocycles. The predicted molar refractivity (Wildman–Crippen MR) is 157 cm³/mol. The van der Waals surface area contributed by atoms with E-state index in [2.05, 4.69) is 5.32 Å². The highest BCUT2D eigenvalue weighted by atomic mass is 32.2. The lowest BCUT2D eigenvalue weighted by Gasteiger charge is -2.34. The SMILES string of the molecule is CC[C@H](C)NC(=O)[C@@H](Cc1ccccc1)N(Cc1ccc(C)cc1)C(=O)CN(c1ccccc1C)S(C)(=O)=O. The van der Waals surface area contributed by atoms with Gasteiger partial charge in [-0.05, 0) is 49.9 Å². The molecule has 1 N–H and O–H groups in total. The lowest BCUT2D eigenvalue weighted by atomic mass is 10.0. The molecule has 0 aliphatic heterocycles. The molecule has 0 fully saturated rings. The van der Waals surface area contributed by atoms with Gasteiger partial charge >= 0.3 is 0 Å². The fourth-order valence-electron chi connectivity index (χ4n) is 4.32. The smallest absolute Gasteiger partial charge is 0.244 e. The van der Waals surface area contributed by atoms with Gasteiger partial charge < -0.3 is 10.2 Å². The average molecular weight is 550 g/mol. The number of para-hydroxylation sites is 1. The van der Waals surface area contributed by atoms with Crippen molar-refractivity contribution in [3.63, 3.8) is 0 Å². The van der Waals surface area contributed by atoms with Crippen molar-refractivity contribution in [2.45, 2.75) is 59.2 Å². The van der Waals surface area contributed by atoms with Gasteiger partial charge in [0, 0.05) is 19.0 Å². The summed E-state index contributed by atoms with van der Waals surface area (Å²) in [6, 6.07) is 23.5. The molecule has 0 unspecified atom stereocenters. The van der Waals surface area contributed by atoms with Crippen LogP contribution in [0.15, 0.2) is 78.9 Å². The molecule has 0 saturated carbocycles. The van der Waals surface area contributed by atoms with Crippen molar-refractivity contribution < 1.29 is 18.0 Å². The van der Waals surface area contributed by atoms with E-state index in [9.17, 15) is 18.0 Å². The largest absolute Gasteiger partial charge is 0.352 e. The number of aryl methyl sites for hydroxylation is 2. The van der Waals surface area contributed by atoms with Crippen molar-refractivity contribution in [1.82, 2.24) is 10.2 Å². The maximum Gasteiger partial charge on any atom is 0.244 e. The summed E-state index contributed by atoms with van der Waals surface area (Å²) in [4.78, 5) is 29.3. The molecule has 0 aromatic heterocycles. The van der Waals surface area contributed by atoms with Crippen LogP contribution in [0.1, 0.15) is 42.5 Å². The van der Waals surface area contributed by atoms with E-state index in [1.54, 1.807) is 25.1 Å². The van der Waals surface area contributed by atoms with Crippen LogP contribution in [0.3, 0.4) is 0 Å². The lowest BCUT2D eigenvalue weighted by Crippen LogP contribution is -2.54. The molecule has 3 aromatic carbocycles. The number of carbonyl (C=O) groups is 2. The second kappa shape index (κ2) is 13.4. The fourth-order valence-corrected chi connectivity index (χ4v) is 5.23. The third-order valence-corrected chi connectivity index (χ3v) is 7.94. The summed E-state index contributed by atoms with van der Waals surface area (Å²) >= 11 is 0. The van der Waals surface area contributed by atoms with Crippen molar-refractivity contribution in [2.75, 3.05) is 17.1 Å². The van der Waals surface area contributed by atoms with E-state index in [0.29, 0.717) is 12.1 Å². The number of sulfonamides is 1. The molecule has 2 atom stereocenters. The molecule has 0 heterocycles. The maximum absolute atomic E-state index is 14.1. The summed E-state index contributed by atoms with van der Waals surface area (Å²) in [5, 5.41) is 3.04. The molecule has 0 spiro atoms. The van der Waals surface area contributed by atoms with Crippen LogP contribution in [0.2, 0.25) is 0 Å². The zero-order chi connectivity index (χ0) is 28.6. The number of hydrogen-bond donors (Lipinski definition) is 1. The van der Waals surface area contributed by atoms with Crippen molar-refractivity contribution in [3.05, 3.63) is 101 Å². The Labute approximate surface area is 232 Å². The van der Waals surface area contributed by atoms with E-state index in [1.165, 1.54) is 4.90 Å². The summed E-state index contributed by atoms with van der Waals surface area (Å²) in [7, 11) is -3.79. The Morgan fingerprint density at radius 2 is 1.49 bits per heavy atom. The Kier molecular flexibility index (Phi) is 10.3. The van der Waals surface area contributed by atoms with Crippen LogP contribution < -0.4 is 9.62 Å². The summed E-state index contributed by atoms with van der Waals surface area (Å²) in [6.45, 7) is 7.44. The number of carbonyl (C=O) groups excluding carboxylic acids is 2. The minimum Gasteiger partial charge on any atom is -0.352 e. The highest BCUT2D eigenvalue weighted by Gasteiger charge is 2.33. The molecular formula is C31H39N3O4S. The van der Waals surface area contributed by atoms with Crippen LogP contribution in [0.4, 0.5) is 5.69 Å². The van der Waals surface area contributed by atoms with Gasteiger partial charge in [-0.2, -0.15) is 0 Å². The van der Waals surface area contributed by atoms with Gasteiger partial charge in [-0.15, -0.1) is 0 Å². The number of nitrogens with one attached hydrogen (secondary N) is 1. The van der Waals surface area contributed by atoms with Gasteiger partial charge in [0.25, 0.3) is 0 Å². The maximum atomic E-state index is 14.1. The van der Waals surface area contributed by atoms with E-state index in [4.69, 9.17) is 0 Å². The number of benzene rings is 3. The Bertz CT molecular complexity index is 1360. The summed E-state index contributed by atoms with van der Waals surface area (Å²) in [5.41, 5.74) is 4.01. The van der Waals surface area contributed by atoms with Crippen molar-refractivity contribution >= 4 is 27.5 Å². The Hall–Kier alpha value is -3.65. The van der Waals surface area contributed by atoms with Crippen LogP contribution in [-0.4, -0.2) is 50.0 Å². The second-order valence-corrected chi connectivity index (χ2v) is 12.0. The number of hydrogen-bond acceptors (Lipinski definition) is 4. The zero-order valence-electron chi connectivity index (χ0n) is 23.4. The van der Waals surface area contributed by atoms with Gasteiger partial charge in [-0.25, -0.2) is 8.42 Å². The third kappa shape index (κ3) is 8.42. The highest BCUT2D eigenvalue weighted by molar-refractivity contribution is 7.92. The van der Waals surface area contributed by atoms with Gasteiger partial charge in [0.15, 0.2) is 0 Å². The molecular weight excluding hydrogens is 510 g/mol. The van der Waals surface area contributed by atoms with E-state index in [-0.39, 0.29) is 18.5 Å². The monoisotopic (exact) mass is 549 g/mol. The van der Waals surface area contributed by atoms with E-state index < -0.39 is 28.5 Å². The normalized spacial score (nSPS) is 12.8. The van der Waals surface area contributed by atoms with Gasteiger partial charge in [0.2, 0.25) is 21.8 Å². The summed E-state index contributed by atoms with van der Waals surface area (Å²) in [5.74, 6) is -0.722. The first-order valence-electron chi connectivity index (χ1n) is 13.2. The van der Waals surface area contributed by atoms with E-state index in [1.807, 2.05) is 81.4 Å². The van der Waals surface area contributed by atoms with Gasteiger partial charge in [-0.3, -0.25) is 13.9 Å². The third-order valence-electron chi connectivity index (χ3n) is 6.81. The van der Waals surface area contributed by atoms with Crippen LogP contribution in [0.25, 0.3) is 0 Å². The molecule has 208 valence electrons. The standard InChI is InChI=1S/C31H39N3O4S/c1-6-25(4)32-31(36)29(20-26-13-8-7-9-14-26)33(21-27-18-16-23(2)17-19-27)30(35)22-34(39(5,37)38)28-15-11-10-12-24(28)3/h7-19,25,29H,6,20-22H2,1-5H3,(H,32,36)/t25-,29+/m0/s1. The van der Waals surface area contributed by atoms with Gasteiger partial charge in [-0.1, -0.05) is 85.3 Å². The number of rotatable bonds is 12. The molecule has 39 heavy (non-hydrogen) atoms. The Balaban J connectivity index is 2.06. The van der Waals surface area contributed by atoms with E-state index >= 15 is 0 Å². The number of amides is 2. The minimum absolute atomic E-state index is 0.0772. The lowest BCUT2D eigenvalue weighted by molar-refractivity contribution is -0.140. The summed E-state index contributed by atoms with van der Waals surface area (Å²) in [6.07, 6.45) is 2.13. The van der Waals surface area contributed by atoms with Crippen molar-refractivity contribution in [2.24, 2.45) is 0 Å². The van der Waals surface area contributed by atoms with Crippen molar-refractivity contribution in [3.8, 4) is 0 Å². The topological polar surface area (TPSA) is 86.8 Å². The minimum atomic E-state index is -3.79. The zero-order valence-corrected chi connectivity index (χ0v) is 24.2. The first-order chi connectivity index (χ1) is 18.5. The van der Waals surface area contributed by atoms with Crippen LogP contribution in [0.5, 0.6) is 0 Å². The molecule has 7 nitrogen and oxygen atoms in total. The predicted octanol–water partition coefficient (Wildman–Crippen LogP) is 4.62. The van der Waals surface area contributed by atoms with Gasteiger partial charge in [0.05, 0.1) is 11.9 Å². The molecule has 2 amide bonds. The Morgan fingerprint density at radius 3 is 2.08 bits per heavy atom. The fraction of sp³-hybridized carbons (Fsp3) is 0.355. The Morgan fingerprint density at radius 1 is 0.872 bits per heavy atom. The van der Waals surface area contributed by atoms with Crippen LogP contribution in [-0.2, 0) is 32.6 Å². The van der Waals surface area contributed by atoms with Crippen molar-refractivity contribution in [1.29, 1.82) is 0 Å². The number of anilines is 1. The molecule has 3 aromatic rings. The first kappa shape index (κ1) is 29.9. The highest BCUT2D eigenvalue weighted by Crippen LogP contribution is 2.23. The van der Waals surface area contributed by atoms with Crippen LogP contribution >= 0.6 is 0 Å². The first-order valence-corrected chi connectivity index (χ1v) is 15.1. The molecule has 0 radical (unpaired) electrons. The molecule has 8 heteroatoms. The molecule has 0 bridgehead atoms. The molecule has 0 aliphatic rings. The second-order valence-electron chi connectivity index (χ2n) is 10.1. The summed E-state index contributed by atoms with van der Waals surface area (Å²) < 4.78 is 26.9. The molecule has 3 rings (SSSR count). The van der Waals surface area contributed by atoms with E-state index in [0.717, 1.165) is 39.2 Å². The average Bonchev–Trinajstić information content (AvgIpc) is 2.90. The molecule has 0 aliphatic carbocycles. The number of nitrogens with zero attached hydrogens (tertiary/aromatic N) is 2. The van der Waals surface area contributed by atoms with Crippen LogP contribution in [0, 0.1) is 13.8 Å². The quantitative estimate of drug-likeness (QED) is 0.357. The van der Waals surface area contributed by atoms with Gasteiger partial charge in [0.1, 0.15) is 12.6 Å².